The van der Waals surface area contributed by atoms with Gasteiger partial charge in [0.2, 0.25) is 0 Å². The smallest absolute Gasteiger partial charge is 0.334 e. The molecule has 0 unspecified atom stereocenters. The molecule has 3 heterocycles. The summed E-state index contributed by atoms with van der Waals surface area (Å²) in [5.74, 6) is -0.931. The van der Waals surface area contributed by atoms with Crippen LogP contribution in [0.3, 0.4) is 0 Å². The van der Waals surface area contributed by atoms with Crippen LogP contribution >= 0.6 is 11.6 Å². The van der Waals surface area contributed by atoms with E-state index in [4.69, 9.17) is 11.6 Å². The fraction of sp³-hybridized carbons (Fsp3) is 0.308. The number of nitrogens with one attached hydrogen (secondary N) is 1. The molecule has 1 saturated carbocycles. The lowest BCUT2D eigenvalue weighted by atomic mass is 9.86. The van der Waals surface area contributed by atoms with Gasteiger partial charge in [-0.25, -0.2) is 22.9 Å². The van der Waals surface area contributed by atoms with E-state index in [0.717, 1.165) is 6.20 Å². The van der Waals surface area contributed by atoms with Crippen molar-refractivity contribution >= 4 is 28.7 Å². The highest BCUT2D eigenvalue weighted by Crippen LogP contribution is 2.28. The molecule has 0 radical (unpaired) electrons. The van der Waals surface area contributed by atoms with Crippen molar-refractivity contribution < 1.29 is 18.0 Å². The zero-order valence-corrected chi connectivity index (χ0v) is 20.3. The molecule has 3 aromatic heterocycles. The Labute approximate surface area is 214 Å². The lowest BCUT2D eigenvalue weighted by molar-refractivity contribution is 0.0904. The Morgan fingerprint density at radius 3 is 2.62 bits per heavy atom. The van der Waals surface area contributed by atoms with E-state index in [1.54, 1.807) is 35.0 Å². The molecule has 1 fully saturated rings. The van der Waals surface area contributed by atoms with Gasteiger partial charge < -0.3 is 5.32 Å². The van der Waals surface area contributed by atoms with Crippen molar-refractivity contribution in [1.29, 1.82) is 0 Å². The predicted octanol–water partition coefficient (Wildman–Crippen LogP) is 5.30. The van der Waals surface area contributed by atoms with E-state index in [9.17, 15) is 22.8 Å². The third-order valence-corrected chi connectivity index (χ3v) is 6.92. The molecule has 11 heteroatoms. The molecule has 1 aromatic carbocycles. The number of benzene rings is 1. The number of nitrogens with zero attached hydrogens (tertiary/aromatic N) is 4. The summed E-state index contributed by atoms with van der Waals surface area (Å²) in [6.07, 6.45) is 2.48. The van der Waals surface area contributed by atoms with Crippen LogP contribution in [0.5, 0.6) is 0 Å². The first-order chi connectivity index (χ1) is 17.8. The maximum absolute atomic E-state index is 13.9. The molecule has 1 aliphatic rings. The van der Waals surface area contributed by atoms with Crippen molar-refractivity contribution in [2.75, 3.05) is 0 Å². The van der Waals surface area contributed by atoms with Crippen LogP contribution in [-0.4, -0.2) is 31.1 Å². The van der Waals surface area contributed by atoms with Crippen LogP contribution in [0.2, 0.25) is 5.02 Å². The molecule has 192 valence electrons. The molecule has 0 aliphatic heterocycles. The molecule has 4 aromatic rings. The van der Waals surface area contributed by atoms with E-state index >= 15 is 0 Å². The van der Waals surface area contributed by atoms with Gasteiger partial charge in [-0.3, -0.25) is 18.9 Å². The molecule has 0 atom stereocenters. The molecule has 7 nitrogen and oxygen atoms in total. The lowest BCUT2D eigenvalue weighted by Crippen LogP contribution is -2.39. The van der Waals surface area contributed by atoms with Gasteiger partial charge in [0.15, 0.2) is 5.65 Å². The summed E-state index contributed by atoms with van der Waals surface area (Å²) in [6.45, 7) is 0.420. The van der Waals surface area contributed by atoms with E-state index in [2.05, 4.69) is 15.3 Å². The fourth-order valence-corrected chi connectivity index (χ4v) is 5.09. The third-order valence-electron chi connectivity index (χ3n) is 6.71. The fourth-order valence-electron chi connectivity index (χ4n) is 4.93. The van der Waals surface area contributed by atoms with Gasteiger partial charge in [-0.15, -0.1) is 0 Å². The number of carbonyl (C=O) groups excluding carboxylic acids is 1. The summed E-state index contributed by atoms with van der Waals surface area (Å²) in [6, 6.07) is 10.4. The van der Waals surface area contributed by atoms with E-state index in [-0.39, 0.29) is 28.2 Å². The maximum Gasteiger partial charge on any atom is 0.334 e. The SMILES string of the molecule is O=C(N[C@H]1CC[C@H](Cn2c(=O)n(-c3cccc(F)c3)c3cccnc32)CC1)c1cc(Cl)cnc1C(F)F. The van der Waals surface area contributed by atoms with Gasteiger partial charge in [-0.05, 0) is 68.0 Å². The van der Waals surface area contributed by atoms with Gasteiger partial charge in [-0.1, -0.05) is 17.7 Å². The van der Waals surface area contributed by atoms with Gasteiger partial charge in [0.1, 0.15) is 11.5 Å². The normalized spacial score (nSPS) is 17.9. The summed E-state index contributed by atoms with van der Waals surface area (Å²) in [5, 5.41) is 2.93. The van der Waals surface area contributed by atoms with Gasteiger partial charge >= 0.3 is 5.69 Å². The van der Waals surface area contributed by atoms with Crippen molar-refractivity contribution in [3.05, 3.63) is 87.4 Å². The standard InChI is InChI=1S/C26H23ClF3N5O2/c27-16-11-20(22(23(29)30)32-13-16)25(36)33-18-8-6-15(7-9-18)14-34-24-21(5-2-10-31-24)35(26(34)37)19-4-1-3-17(28)12-19/h1-5,10-13,15,18,23H,6-9,14H2,(H,33,36)/t15-,18-. The highest BCUT2D eigenvalue weighted by Gasteiger charge is 2.27. The largest absolute Gasteiger partial charge is 0.349 e. The van der Waals surface area contributed by atoms with Gasteiger partial charge in [0.25, 0.3) is 12.3 Å². The summed E-state index contributed by atoms with van der Waals surface area (Å²) >= 11 is 5.87. The minimum absolute atomic E-state index is 0.106. The Morgan fingerprint density at radius 2 is 1.89 bits per heavy atom. The Morgan fingerprint density at radius 1 is 1.11 bits per heavy atom. The average Bonchev–Trinajstić information content (AvgIpc) is 3.16. The topological polar surface area (TPSA) is 81.8 Å². The summed E-state index contributed by atoms with van der Waals surface area (Å²) < 4.78 is 43.5. The number of hydrogen-bond donors (Lipinski definition) is 1. The first-order valence-electron chi connectivity index (χ1n) is 11.9. The zero-order valence-electron chi connectivity index (χ0n) is 19.6. The molecule has 0 bridgehead atoms. The van der Waals surface area contributed by atoms with Crippen molar-refractivity contribution in [2.45, 2.75) is 44.7 Å². The number of rotatable bonds is 6. The Balaban J connectivity index is 1.30. The minimum atomic E-state index is -2.89. The summed E-state index contributed by atoms with van der Waals surface area (Å²) in [5.41, 5.74) is 0.392. The molecule has 1 N–H and O–H groups in total. The second-order valence-electron chi connectivity index (χ2n) is 9.13. The number of amides is 1. The zero-order chi connectivity index (χ0) is 26.1. The van der Waals surface area contributed by atoms with Crippen LogP contribution in [0.15, 0.2) is 59.7 Å². The number of hydrogen-bond acceptors (Lipinski definition) is 4. The summed E-state index contributed by atoms with van der Waals surface area (Å²) in [7, 11) is 0. The highest BCUT2D eigenvalue weighted by atomic mass is 35.5. The van der Waals surface area contributed by atoms with Crippen LogP contribution in [0, 0.1) is 11.7 Å². The third kappa shape index (κ3) is 5.11. The van der Waals surface area contributed by atoms with E-state index in [1.165, 1.54) is 22.8 Å². The number of alkyl halides is 2. The Kier molecular flexibility index (Phi) is 7.01. The molecule has 1 amide bonds. The van der Waals surface area contributed by atoms with E-state index in [0.29, 0.717) is 49.1 Å². The quantitative estimate of drug-likeness (QED) is 0.367. The molecule has 0 spiro atoms. The number of pyridine rings is 2. The number of carbonyl (C=O) groups is 1. The number of aromatic nitrogens is 4. The van der Waals surface area contributed by atoms with Crippen molar-refractivity contribution in [2.24, 2.45) is 5.92 Å². The number of imidazole rings is 1. The number of halogens is 4. The second kappa shape index (κ2) is 10.4. The van der Waals surface area contributed by atoms with Crippen LogP contribution < -0.4 is 11.0 Å². The van der Waals surface area contributed by atoms with E-state index < -0.39 is 23.8 Å². The summed E-state index contributed by atoms with van der Waals surface area (Å²) in [4.78, 5) is 34.1. The maximum atomic E-state index is 13.9. The number of fused-ring (bicyclic) bond motifs is 1. The van der Waals surface area contributed by atoms with Gasteiger partial charge in [0, 0.05) is 25.0 Å². The molecule has 37 heavy (non-hydrogen) atoms. The first-order valence-corrected chi connectivity index (χ1v) is 12.3. The van der Waals surface area contributed by atoms with Crippen molar-refractivity contribution in [3.8, 4) is 5.69 Å². The monoisotopic (exact) mass is 529 g/mol. The minimum Gasteiger partial charge on any atom is -0.349 e. The Bertz CT molecular complexity index is 1510. The Hall–Kier alpha value is -3.66. The molecule has 0 saturated heterocycles. The average molecular weight is 530 g/mol. The van der Waals surface area contributed by atoms with Crippen LogP contribution in [0.1, 0.15) is 48.2 Å². The molecular formula is C26H23ClF3N5O2. The predicted molar refractivity (Wildman–Crippen MR) is 133 cm³/mol. The van der Waals surface area contributed by atoms with Crippen LogP contribution in [-0.2, 0) is 6.54 Å². The van der Waals surface area contributed by atoms with Gasteiger partial charge in [0.05, 0.1) is 21.8 Å². The first kappa shape index (κ1) is 25.0. The lowest BCUT2D eigenvalue weighted by Gasteiger charge is -2.29. The molecule has 5 rings (SSSR count). The van der Waals surface area contributed by atoms with Crippen molar-refractivity contribution in [3.63, 3.8) is 0 Å². The van der Waals surface area contributed by atoms with Gasteiger partial charge in [-0.2, -0.15) is 0 Å². The second-order valence-corrected chi connectivity index (χ2v) is 9.57. The van der Waals surface area contributed by atoms with Crippen molar-refractivity contribution in [1.82, 2.24) is 24.4 Å². The highest BCUT2D eigenvalue weighted by molar-refractivity contribution is 6.30. The molecular weight excluding hydrogens is 507 g/mol. The van der Waals surface area contributed by atoms with Crippen LogP contribution in [0.4, 0.5) is 13.2 Å². The van der Waals surface area contributed by atoms with Crippen LogP contribution in [0.25, 0.3) is 16.9 Å². The van der Waals surface area contributed by atoms with E-state index in [1.807, 2.05) is 0 Å². The molecule has 1 aliphatic carbocycles.